The van der Waals surface area contributed by atoms with Crippen molar-refractivity contribution >= 4 is 0 Å². The van der Waals surface area contributed by atoms with Gasteiger partial charge in [-0.3, -0.25) is 0 Å². The van der Waals surface area contributed by atoms with Crippen molar-refractivity contribution in [3.63, 3.8) is 0 Å². The van der Waals surface area contributed by atoms with Crippen molar-refractivity contribution in [1.82, 2.24) is 14.8 Å². The van der Waals surface area contributed by atoms with Crippen LogP contribution in [0.5, 0.6) is 0 Å². The van der Waals surface area contributed by atoms with Gasteiger partial charge in [-0.15, -0.1) is 10.2 Å². The van der Waals surface area contributed by atoms with E-state index >= 15 is 0 Å². The Kier molecular flexibility index (Phi) is 1.67. The molecule has 0 amide bonds. The molecule has 1 aliphatic carbocycles. The summed E-state index contributed by atoms with van der Waals surface area (Å²) in [5.74, 6) is 1.15. The Morgan fingerprint density at radius 2 is 2.08 bits per heavy atom. The summed E-state index contributed by atoms with van der Waals surface area (Å²) in [5.41, 5.74) is 0.297. The van der Waals surface area contributed by atoms with Crippen molar-refractivity contribution in [1.29, 1.82) is 0 Å². The lowest BCUT2D eigenvalue weighted by atomic mass is 9.88. The molecule has 0 spiro atoms. The molecule has 1 heterocycles. The van der Waals surface area contributed by atoms with E-state index in [1.54, 1.807) is 6.33 Å². The van der Waals surface area contributed by atoms with Gasteiger partial charge in [-0.05, 0) is 12.8 Å². The number of aryl methyl sites for hydroxylation is 1. The van der Waals surface area contributed by atoms with Gasteiger partial charge >= 0.3 is 0 Å². The van der Waals surface area contributed by atoms with Gasteiger partial charge in [0.25, 0.3) is 0 Å². The molecule has 3 nitrogen and oxygen atoms in total. The van der Waals surface area contributed by atoms with Gasteiger partial charge in [-0.25, -0.2) is 0 Å². The summed E-state index contributed by atoms with van der Waals surface area (Å²) in [5, 5.41) is 8.11. The third-order valence-electron chi connectivity index (χ3n) is 2.96. The fourth-order valence-electron chi connectivity index (χ4n) is 2.21. The maximum atomic E-state index is 4.18. The van der Waals surface area contributed by atoms with Crippen molar-refractivity contribution in [2.75, 3.05) is 0 Å². The zero-order valence-electron chi connectivity index (χ0n) is 7.75. The van der Waals surface area contributed by atoms with Crippen LogP contribution in [0, 0.1) is 0 Å². The third kappa shape index (κ3) is 1.04. The molecular weight excluding hydrogens is 150 g/mol. The fraction of sp³-hybridized carbons (Fsp3) is 0.778. The molecule has 66 valence electrons. The standard InChI is InChI=1S/C9H15N3/c1-9(5-3-4-6-9)8-11-10-7-12(8)2/h7H,3-6H2,1-2H3. The third-order valence-corrected chi connectivity index (χ3v) is 2.96. The predicted octanol–water partition coefficient (Wildman–Crippen LogP) is 1.65. The molecule has 0 saturated heterocycles. The summed E-state index contributed by atoms with van der Waals surface area (Å²) in [4.78, 5) is 0. The minimum Gasteiger partial charge on any atom is -0.320 e. The molecule has 0 N–H and O–H groups in total. The molecule has 0 unspecified atom stereocenters. The molecular formula is C9H15N3. The molecule has 1 aromatic rings. The van der Waals surface area contributed by atoms with Crippen LogP contribution < -0.4 is 0 Å². The van der Waals surface area contributed by atoms with Crippen LogP contribution in [0.25, 0.3) is 0 Å². The van der Waals surface area contributed by atoms with Gasteiger partial charge in [0.2, 0.25) is 0 Å². The predicted molar refractivity (Wildman–Crippen MR) is 46.8 cm³/mol. The van der Waals surface area contributed by atoms with Crippen molar-refractivity contribution in [3.8, 4) is 0 Å². The highest BCUT2D eigenvalue weighted by Crippen LogP contribution is 2.38. The topological polar surface area (TPSA) is 30.7 Å². The fourth-order valence-corrected chi connectivity index (χ4v) is 2.21. The summed E-state index contributed by atoms with van der Waals surface area (Å²) < 4.78 is 2.05. The highest BCUT2D eigenvalue weighted by Gasteiger charge is 2.34. The quantitative estimate of drug-likeness (QED) is 0.633. The Bertz CT molecular complexity index is 271. The van der Waals surface area contributed by atoms with Gasteiger partial charge in [-0.1, -0.05) is 19.8 Å². The SMILES string of the molecule is Cn1cnnc1C1(C)CCCC1. The molecule has 1 saturated carbocycles. The molecule has 12 heavy (non-hydrogen) atoms. The van der Waals surface area contributed by atoms with Crippen molar-refractivity contribution in [2.45, 2.75) is 38.0 Å². The molecule has 0 bridgehead atoms. The molecule has 2 rings (SSSR count). The lowest BCUT2D eigenvalue weighted by molar-refractivity contribution is 0.442. The Morgan fingerprint density at radius 1 is 1.42 bits per heavy atom. The van der Waals surface area contributed by atoms with Gasteiger partial charge in [0.15, 0.2) is 0 Å². The highest BCUT2D eigenvalue weighted by atomic mass is 15.3. The normalized spacial score (nSPS) is 21.5. The summed E-state index contributed by atoms with van der Waals surface area (Å²) in [7, 11) is 2.03. The van der Waals surface area contributed by atoms with Crippen LogP contribution in [0.3, 0.4) is 0 Å². The molecule has 1 fully saturated rings. The molecule has 0 aliphatic heterocycles. The van der Waals surface area contributed by atoms with Gasteiger partial charge in [0.1, 0.15) is 12.2 Å². The van der Waals surface area contributed by atoms with Crippen LogP contribution in [0.1, 0.15) is 38.4 Å². The van der Waals surface area contributed by atoms with Gasteiger partial charge < -0.3 is 4.57 Å². The zero-order valence-corrected chi connectivity index (χ0v) is 7.75. The van der Waals surface area contributed by atoms with Crippen LogP contribution in [-0.2, 0) is 12.5 Å². The van der Waals surface area contributed by atoms with Gasteiger partial charge in [0.05, 0.1) is 0 Å². The highest BCUT2D eigenvalue weighted by molar-refractivity contribution is 5.07. The minimum absolute atomic E-state index is 0.297. The van der Waals surface area contributed by atoms with E-state index in [1.807, 2.05) is 11.6 Å². The van der Waals surface area contributed by atoms with Crippen molar-refractivity contribution in [3.05, 3.63) is 12.2 Å². The molecule has 1 aromatic heterocycles. The van der Waals surface area contributed by atoms with E-state index in [-0.39, 0.29) is 0 Å². The van der Waals surface area contributed by atoms with Crippen LogP contribution in [0.15, 0.2) is 6.33 Å². The number of nitrogens with zero attached hydrogens (tertiary/aromatic N) is 3. The van der Waals surface area contributed by atoms with Crippen molar-refractivity contribution < 1.29 is 0 Å². The smallest absolute Gasteiger partial charge is 0.138 e. The Balaban J connectivity index is 2.34. The van der Waals surface area contributed by atoms with Crippen LogP contribution >= 0.6 is 0 Å². The lowest BCUT2D eigenvalue weighted by Crippen LogP contribution is -2.21. The van der Waals surface area contributed by atoms with Crippen LogP contribution in [-0.4, -0.2) is 14.8 Å². The Hall–Kier alpha value is -0.860. The van der Waals surface area contributed by atoms with Crippen LogP contribution in [0.2, 0.25) is 0 Å². The van der Waals surface area contributed by atoms with Gasteiger partial charge in [0, 0.05) is 12.5 Å². The van der Waals surface area contributed by atoms with E-state index in [2.05, 4.69) is 17.1 Å². The Labute approximate surface area is 72.8 Å². The number of aromatic nitrogens is 3. The summed E-state index contributed by atoms with van der Waals surface area (Å²) in [6, 6.07) is 0. The van der Waals surface area contributed by atoms with E-state index in [1.165, 1.54) is 25.7 Å². The maximum absolute atomic E-state index is 4.18. The van der Waals surface area contributed by atoms with Gasteiger partial charge in [-0.2, -0.15) is 0 Å². The number of hydrogen-bond acceptors (Lipinski definition) is 2. The number of rotatable bonds is 1. The first-order valence-electron chi connectivity index (χ1n) is 4.57. The largest absolute Gasteiger partial charge is 0.320 e. The molecule has 3 heteroatoms. The monoisotopic (exact) mass is 165 g/mol. The maximum Gasteiger partial charge on any atom is 0.138 e. The second kappa shape index (κ2) is 2.57. The second-order valence-corrected chi connectivity index (χ2v) is 4.03. The zero-order chi connectivity index (χ0) is 8.60. The van der Waals surface area contributed by atoms with E-state index in [0.29, 0.717) is 5.41 Å². The van der Waals surface area contributed by atoms with E-state index < -0.39 is 0 Å². The lowest BCUT2D eigenvalue weighted by Gasteiger charge is -2.21. The Morgan fingerprint density at radius 3 is 2.58 bits per heavy atom. The van der Waals surface area contributed by atoms with E-state index in [9.17, 15) is 0 Å². The minimum atomic E-state index is 0.297. The molecule has 0 atom stereocenters. The molecule has 0 aromatic carbocycles. The summed E-state index contributed by atoms with van der Waals surface area (Å²) in [6.07, 6.45) is 6.99. The second-order valence-electron chi connectivity index (χ2n) is 4.03. The van der Waals surface area contributed by atoms with Crippen LogP contribution in [0.4, 0.5) is 0 Å². The van der Waals surface area contributed by atoms with E-state index in [0.717, 1.165) is 5.82 Å². The number of hydrogen-bond donors (Lipinski definition) is 0. The molecule has 0 radical (unpaired) electrons. The van der Waals surface area contributed by atoms with E-state index in [4.69, 9.17) is 0 Å². The summed E-state index contributed by atoms with van der Waals surface area (Å²) >= 11 is 0. The van der Waals surface area contributed by atoms with Crippen molar-refractivity contribution in [2.24, 2.45) is 7.05 Å². The molecule has 1 aliphatic rings. The average molecular weight is 165 g/mol. The first kappa shape index (κ1) is 7.77. The first-order chi connectivity index (χ1) is 5.72. The average Bonchev–Trinajstić information content (AvgIpc) is 2.59. The first-order valence-corrected chi connectivity index (χ1v) is 4.57. The summed E-state index contributed by atoms with van der Waals surface area (Å²) in [6.45, 7) is 2.30.